The van der Waals surface area contributed by atoms with Gasteiger partial charge in [0.05, 0.1) is 19.3 Å². The van der Waals surface area contributed by atoms with Gasteiger partial charge in [-0.15, -0.1) is 0 Å². The first-order valence-corrected chi connectivity index (χ1v) is 10.9. The minimum Gasteiger partial charge on any atom is -0.481 e. The first-order chi connectivity index (χ1) is 16.0. The molecule has 1 aliphatic heterocycles. The fraction of sp³-hybridized carbons (Fsp3) is 0.333. The van der Waals surface area contributed by atoms with E-state index in [-0.39, 0.29) is 12.6 Å². The summed E-state index contributed by atoms with van der Waals surface area (Å²) >= 11 is 0. The molecule has 0 saturated carbocycles. The maximum Gasteiger partial charge on any atom is 0.314 e. The third kappa shape index (κ3) is 5.38. The number of carbonyl (C=O) groups excluding carboxylic acids is 2. The molecule has 1 aromatic carbocycles. The molecule has 0 spiro atoms. The van der Waals surface area contributed by atoms with Crippen molar-refractivity contribution >= 4 is 17.6 Å². The summed E-state index contributed by atoms with van der Waals surface area (Å²) in [6.07, 6.45) is 4.24. The van der Waals surface area contributed by atoms with Crippen LogP contribution in [0.5, 0.6) is 5.88 Å². The second-order valence-corrected chi connectivity index (χ2v) is 8.09. The summed E-state index contributed by atoms with van der Waals surface area (Å²) in [4.78, 5) is 31.5. The number of methoxy groups -OCH3 is 1. The third-order valence-corrected chi connectivity index (χ3v) is 5.74. The summed E-state index contributed by atoms with van der Waals surface area (Å²) < 4.78 is 7.01. The van der Waals surface area contributed by atoms with Crippen LogP contribution in [-0.2, 0) is 22.7 Å². The molecule has 4 rings (SSSR count). The summed E-state index contributed by atoms with van der Waals surface area (Å²) in [6.45, 7) is 4.65. The number of ether oxygens (including phenoxy) is 1. The summed E-state index contributed by atoms with van der Waals surface area (Å²) in [5.74, 6) is -0.499. The van der Waals surface area contributed by atoms with Crippen LogP contribution in [-0.4, -0.2) is 51.7 Å². The summed E-state index contributed by atoms with van der Waals surface area (Å²) in [6, 6.07) is 14.0. The van der Waals surface area contributed by atoms with E-state index in [1.54, 1.807) is 24.5 Å². The quantitative estimate of drug-likeness (QED) is 0.538. The highest BCUT2D eigenvalue weighted by Gasteiger charge is 2.28. The molecule has 1 saturated heterocycles. The van der Waals surface area contributed by atoms with Crippen molar-refractivity contribution < 1.29 is 14.3 Å². The smallest absolute Gasteiger partial charge is 0.314 e. The van der Waals surface area contributed by atoms with Gasteiger partial charge in [0.1, 0.15) is 5.82 Å². The van der Waals surface area contributed by atoms with E-state index in [4.69, 9.17) is 4.74 Å². The molecule has 3 heterocycles. The van der Waals surface area contributed by atoms with Gasteiger partial charge in [-0.2, -0.15) is 5.10 Å². The molecule has 0 unspecified atom stereocenters. The fourth-order valence-electron chi connectivity index (χ4n) is 4.04. The Kier molecular flexibility index (Phi) is 6.99. The number of amides is 2. The first-order valence-electron chi connectivity index (χ1n) is 10.9. The highest BCUT2D eigenvalue weighted by atomic mass is 16.5. The van der Waals surface area contributed by atoms with Crippen LogP contribution in [0.1, 0.15) is 29.2 Å². The van der Waals surface area contributed by atoms with Crippen molar-refractivity contribution in [2.75, 3.05) is 25.5 Å². The monoisotopic (exact) mass is 448 g/mol. The van der Waals surface area contributed by atoms with Crippen molar-refractivity contribution in [1.29, 1.82) is 0 Å². The number of anilines is 1. The normalized spacial score (nSPS) is 15.9. The van der Waals surface area contributed by atoms with Crippen LogP contribution in [0.2, 0.25) is 0 Å². The second-order valence-electron chi connectivity index (χ2n) is 8.09. The molecule has 2 aromatic heterocycles. The molecule has 1 atom stereocenters. The third-order valence-electron chi connectivity index (χ3n) is 5.74. The standard InChI is InChI=1S/C24H28N6O3/c1-17-13-27-30(20-10-12-29(16-20)15-18-7-4-3-5-8-18)21(17)28-23(32)22(31)26-14-19-9-6-11-25-24(19)33-2/h3-9,11,13,20H,10,12,14-16H2,1-2H3,(H,26,31)(H,28,32)/t20-/m1/s1. The molecule has 172 valence electrons. The maximum atomic E-state index is 12.6. The summed E-state index contributed by atoms with van der Waals surface area (Å²) in [7, 11) is 1.51. The number of likely N-dealkylation sites (tertiary alicyclic amines) is 1. The van der Waals surface area contributed by atoms with Crippen molar-refractivity contribution in [2.45, 2.75) is 32.5 Å². The molecule has 9 nitrogen and oxygen atoms in total. The first kappa shape index (κ1) is 22.5. The molecule has 33 heavy (non-hydrogen) atoms. The van der Waals surface area contributed by atoms with Gasteiger partial charge in [0.2, 0.25) is 5.88 Å². The van der Waals surface area contributed by atoms with E-state index in [0.717, 1.165) is 31.6 Å². The van der Waals surface area contributed by atoms with Crippen LogP contribution < -0.4 is 15.4 Å². The van der Waals surface area contributed by atoms with Crippen molar-refractivity contribution in [3.8, 4) is 5.88 Å². The molecule has 1 aliphatic rings. The number of nitrogens with zero attached hydrogens (tertiary/aromatic N) is 4. The Morgan fingerprint density at radius 1 is 1.15 bits per heavy atom. The van der Waals surface area contributed by atoms with E-state index in [1.165, 1.54) is 12.7 Å². The largest absolute Gasteiger partial charge is 0.481 e. The number of hydrogen-bond donors (Lipinski definition) is 2. The average Bonchev–Trinajstić information content (AvgIpc) is 3.44. The van der Waals surface area contributed by atoms with Crippen LogP contribution in [0.3, 0.4) is 0 Å². The molecule has 1 fully saturated rings. The van der Waals surface area contributed by atoms with Gasteiger partial charge in [0.15, 0.2) is 0 Å². The minimum absolute atomic E-state index is 0.125. The number of aromatic nitrogens is 3. The van der Waals surface area contributed by atoms with Crippen LogP contribution in [0.4, 0.5) is 5.82 Å². The van der Waals surface area contributed by atoms with Crippen molar-refractivity contribution in [3.05, 3.63) is 71.5 Å². The van der Waals surface area contributed by atoms with Crippen LogP contribution >= 0.6 is 0 Å². The van der Waals surface area contributed by atoms with Gasteiger partial charge in [-0.1, -0.05) is 36.4 Å². The Morgan fingerprint density at radius 3 is 2.76 bits per heavy atom. The number of nitrogens with one attached hydrogen (secondary N) is 2. The number of rotatable bonds is 7. The Morgan fingerprint density at radius 2 is 1.97 bits per heavy atom. The van der Waals surface area contributed by atoms with Gasteiger partial charge in [-0.25, -0.2) is 9.67 Å². The lowest BCUT2D eigenvalue weighted by Gasteiger charge is -2.18. The van der Waals surface area contributed by atoms with E-state index < -0.39 is 11.8 Å². The Labute approximate surface area is 192 Å². The topological polar surface area (TPSA) is 101 Å². The molecule has 3 aromatic rings. The Bertz CT molecular complexity index is 1110. The lowest BCUT2D eigenvalue weighted by atomic mass is 10.2. The van der Waals surface area contributed by atoms with Gasteiger partial charge >= 0.3 is 11.8 Å². The summed E-state index contributed by atoms with van der Waals surface area (Å²) in [5.41, 5.74) is 2.77. The van der Waals surface area contributed by atoms with Crippen molar-refractivity contribution in [1.82, 2.24) is 25.0 Å². The molecule has 2 N–H and O–H groups in total. The van der Waals surface area contributed by atoms with Gasteiger partial charge in [-0.05, 0) is 25.0 Å². The second kappa shape index (κ2) is 10.3. The van der Waals surface area contributed by atoms with Gasteiger partial charge in [-0.3, -0.25) is 14.5 Å². The van der Waals surface area contributed by atoms with Crippen LogP contribution in [0.15, 0.2) is 54.9 Å². The number of carbonyl (C=O) groups is 2. The minimum atomic E-state index is -0.734. The van der Waals surface area contributed by atoms with E-state index in [9.17, 15) is 9.59 Å². The molecular weight excluding hydrogens is 420 g/mol. The van der Waals surface area contributed by atoms with Crippen LogP contribution in [0, 0.1) is 6.92 Å². The molecular formula is C24H28N6O3. The van der Waals surface area contributed by atoms with E-state index >= 15 is 0 Å². The SMILES string of the molecule is COc1ncccc1CNC(=O)C(=O)Nc1c(C)cnn1[C@@H]1CCN(Cc2ccccc2)C1. The van der Waals surface area contributed by atoms with E-state index in [1.807, 2.05) is 29.8 Å². The lowest BCUT2D eigenvalue weighted by Crippen LogP contribution is -2.36. The maximum absolute atomic E-state index is 12.6. The van der Waals surface area contributed by atoms with Crippen molar-refractivity contribution in [2.24, 2.45) is 0 Å². The predicted molar refractivity (Wildman–Crippen MR) is 124 cm³/mol. The van der Waals surface area contributed by atoms with Crippen molar-refractivity contribution in [3.63, 3.8) is 0 Å². The van der Waals surface area contributed by atoms with Gasteiger partial charge in [0.25, 0.3) is 0 Å². The zero-order valence-corrected chi connectivity index (χ0v) is 18.8. The number of benzene rings is 1. The Balaban J connectivity index is 1.36. The molecule has 0 bridgehead atoms. The molecule has 0 aliphatic carbocycles. The van der Waals surface area contributed by atoms with E-state index in [0.29, 0.717) is 17.3 Å². The van der Waals surface area contributed by atoms with Gasteiger partial charge < -0.3 is 15.4 Å². The predicted octanol–water partition coefficient (Wildman–Crippen LogP) is 2.30. The van der Waals surface area contributed by atoms with E-state index in [2.05, 4.69) is 37.7 Å². The highest BCUT2D eigenvalue weighted by molar-refractivity contribution is 6.39. The zero-order chi connectivity index (χ0) is 23.2. The number of pyridine rings is 1. The molecule has 2 amide bonds. The number of hydrogen-bond acceptors (Lipinski definition) is 6. The fourth-order valence-corrected chi connectivity index (χ4v) is 4.04. The molecule has 9 heteroatoms. The zero-order valence-electron chi connectivity index (χ0n) is 18.8. The lowest BCUT2D eigenvalue weighted by molar-refractivity contribution is -0.136. The summed E-state index contributed by atoms with van der Waals surface area (Å²) in [5, 5.41) is 9.86. The Hall–Kier alpha value is -3.72. The average molecular weight is 449 g/mol. The molecule has 0 radical (unpaired) electrons. The number of aryl methyl sites for hydroxylation is 1. The highest BCUT2D eigenvalue weighted by Crippen LogP contribution is 2.27. The van der Waals surface area contributed by atoms with Crippen LogP contribution in [0.25, 0.3) is 0 Å². The van der Waals surface area contributed by atoms with Gasteiger partial charge in [0, 0.05) is 43.5 Å².